The number of rotatable bonds is 23. The second-order valence-electron chi connectivity index (χ2n) is 8.29. The first-order chi connectivity index (χ1) is 17.8. The molecule has 0 amide bonds. The zero-order chi connectivity index (χ0) is 27.8. The van der Waals surface area contributed by atoms with Gasteiger partial charge in [0.25, 0.3) is 0 Å². The molecule has 0 spiro atoms. The van der Waals surface area contributed by atoms with Crippen molar-refractivity contribution >= 4 is 19.8 Å². The Bertz CT molecular complexity index is 735. The molecule has 0 aliphatic rings. The maximum Gasteiger partial charge on any atom is 0.472 e. The van der Waals surface area contributed by atoms with E-state index in [2.05, 4.69) is 43.4 Å². The van der Waals surface area contributed by atoms with E-state index in [0.717, 1.165) is 38.5 Å². The topological polar surface area (TPSA) is 149 Å². The molecular formula is C26H45O10P. The molecule has 0 aliphatic carbocycles. The summed E-state index contributed by atoms with van der Waals surface area (Å²) in [5.74, 6) is -1.11. The van der Waals surface area contributed by atoms with Crippen molar-refractivity contribution in [2.45, 2.75) is 90.3 Å². The number of allylic oxidation sites excluding steroid dienone is 6. The lowest BCUT2D eigenvalue weighted by atomic mass is 10.1. The number of hydrogen-bond donors (Lipinski definition) is 3. The van der Waals surface area contributed by atoms with E-state index in [1.807, 2.05) is 0 Å². The standard InChI is InChI=1S/C26H45O10P/c1-3-5-6-7-8-9-10-11-12-13-14-15-16-18-26(30)36-24(20-28)22-34-37(31,32)33-21-23(19-27)35-25(29)17-4-2/h5-6,8-9,11-12,23-24,27-28H,3-4,7,10,13-22H2,1-2H3,(H,31,32)/b6-5-,9-8-,12-11-. The van der Waals surface area contributed by atoms with Gasteiger partial charge in [-0.05, 0) is 44.9 Å². The van der Waals surface area contributed by atoms with Crippen molar-refractivity contribution in [1.29, 1.82) is 0 Å². The summed E-state index contributed by atoms with van der Waals surface area (Å²) in [5.41, 5.74) is 0. The molecule has 3 unspecified atom stereocenters. The van der Waals surface area contributed by atoms with Crippen molar-refractivity contribution in [3.63, 3.8) is 0 Å². The summed E-state index contributed by atoms with van der Waals surface area (Å²) in [6, 6.07) is 0. The van der Waals surface area contributed by atoms with Crippen LogP contribution in [0.1, 0.15) is 78.1 Å². The Morgan fingerprint density at radius 3 is 1.78 bits per heavy atom. The Labute approximate surface area is 221 Å². The summed E-state index contributed by atoms with van der Waals surface area (Å²) in [6.45, 7) is 1.55. The Kier molecular flexibility index (Phi) is 22.2. The fourth-order valence-electron chi connectivity index (χ4n) is 2.87. The van der Waals surface area contributed by atoms with Gasteiger partial charge in [0, 0.05) is 12.8 Å². The van der Waals surface area contributed by atoms with E-state index in [9.17, 15) is 29.3 Å². The number of esters is 2. The van der Waals surface area contributed by atoms with E-state index in [4.69, 9.17) is 18.5 Å². The fourth-order valence-corrected chi connectivity index (χ4v) is 3.65. The van der Waals surface area contributed by atoms with Crippen molar-refractivity contribution in [3.05, 3.63) is 36.5 Å². The Hall–Kier alpha value is -1.81. The SMILES string of the molecule is CC/C=C\C/C=C\C/C=C\CCCCCC(=O)OC(CO)COP(=O)(O)OCC(CO)OC(=O)CCC. The van der Waals surface area contributed by atoms with Crippen LogP contribution in [0.5, 0.6) is 0 Å². The van der Waals surface area contributed by atoms with E-state index in [-0.39, 0.29) is 12.8 Å². The molecule has 3 N–H and O–H groups in total. The number of hydrogen-bond acceptors (Lipinski definition) is 9. The highest BCUT2D eigenvalue weighted by atomic mass is 31.2. The number of ether oxygens (including phenoxy) is 2. The summed E-state index contributed by atoms with van der Waals surface area (Å²) in [4.78, 5) is 33.2. The first-order valence-electron chi connectivity index (χ1n) is 12.9. The Morgan fingerprint density at radius 1 is 0.757 bits per heavy atom. The summed E-state index contributed by atoms with van der Waals surface area (Å²) >= 11 is 0. The molecule has 0 bridgehead atoms. The van der Waals surface area contributed by atoms with Crippen molar-refractivity contribution in [2.24, 2.45) is 0 Å². The minimum Gasteiger partial charge on any atom is -0.457 e. The molecule has 214 valence electrons. The Morgan fingerprint density at radius 2 is 1.27 bits per heavy atom. The summed E-state index contributed by atoms with van der Waals surface area (Å²) < 4.78 is 31.5. The van der Waals surface area contributed by atoms with Gasteiger partial charge < -0.3 is 24.6 Å². The van der Waals surface area contributed by atoms with E-state index in [0.29, 0.717) is 12.8 Å². The molecule has 10 nitrogen and oxygen atoms in total. The normalized spacial score (nSPS) is 15.3. The highest BCUT2D eigenvalue weighted by Gasteiger charge is 2.27. The quantitative estimate of drug-likeness (QED) is 0.0719. The van der Waals surface area contributed by atoms with Gasteiger partial charge in [-0.25, -0.2) is 4.57 Å². The first-order valence-corrected chi connectivity index (χ1v) is 14.4. The lowest BCUT2D eigenvalue weighted by Gasteiger charge is -2.20. The molecule has 0 aromatic heterocycles. The van der Waals surface area contributed by atoms with Crippen LogP contribution in [0.4, 0.5) is 0 Å². The predicted molar refractivity (Wildman–Crippen MR) is 141 cm³/mol. The number of carbonyl (C=O) groups excluding carboxylic acids is 2. The second kappa shape index (κ2) is 23.3. The third-order valence-electron chi connectivity index (χ3n) is 4.84. The van der Waals surface area contributed by atoms with Gasteiger partial charge in [-0.1, -0.05) is 56.7 Å². The molecule has 0 radical (unpaired) electrons. The van der Waals surface area contributed by atoms with Gasteiger partial charge in [0.2, 0.25) is 0 Å². The number of carbonyl (C=O) groups is 2. The first kappa shape index (κ1) is 35.2. The molecule has 0 saturated carbocycles. The molecule has 0 aliphatic heterocycles. The smallest absolute Gasteiger partial charge is 0.457 e. The Balaban J connectivity index is 4.09. The largest absolute Gasteiger partial charge is 0.472 e. The highest BCUT2D eigenvalue weighted by molar-refractivity contribution is 7.47. The minimum atomic E-state index is -4.60. The number of aliphatic hydroxyl groups excluding tert-OH is 2. The van der Waals surface area contributed by atoms with Gasteiger partial charge >= 0.3 is 19.8 Å². The third-order valence-corrected chi connectivity index (χ3v) is 5.79. The maximum absolute atomic E-state index is 12.0. The molecule has 0 aromatic carbocycles. The van der Waals surface area contributed by atoms with Crippen LogP contribution >= 0.6 is 7.82 Å². The average Bonchev–Trinajstić information content (AvgIpc) is 2.87. The minimum absolute atomic E-state index is 0.139. The summed E-state index contributed by atoms with van der Waals surface area (Å²) in [5, 5.41) is 18.6. The van der Waals surface area contributed by atoms with Gasteiger partial charge in [0.1, 0.15) is 12.2 Å². The van der Waals surface area contributed by atoms with Crippen molar-refractivity contribution in [3.8, 4) is 0 Å². The third kappa shape index (κ3) is 21.9. The van der Waals surface area contributed by atoms with Gasteiger partial charge in [-0.15, -0.1) is 0 Å². The molecule has 0 saturated heterocycles. The number of aliphatic hydroxyl groups is 2. The van der Waals surface area contributed by atoms with Crippen LogP contribution in [0.2, 0.25) is 0 Å². The monoisotopic (exact) mass is 548 g/mol. The maximum atomic E-state index is 12.0. The van der Waals surface area contributed by atoms with Crippen molar-refractivity contribution < 1.29 is 47.8 Å². The zero-order valence-corrected chi connectivity index (χ0v) is 23.1. The number of phosphoric ester groups is 1. The van der Waals surface area contributed by atoms with Crippen LogP contribution in [0, 0.1) is 0 Å². The van der Waals surface area contributed by atoms with Crippen molar-refractivity contribution in [1.82, 2.24) is 0 Å². The van der Waals surface area contributed by atoms with Gasteiger partial charge in [0.05, 0.1) is 26.4 Å². The van der Waals surface area contributed by atoms with Crippen LogP contribution in [0.25, 0.3) is 0 Å². The van der Waals surface area contributed by atoms with E-state index in [1.54, 1.807) is 6.92 Å². The number of phosphoric acid groups is 1. The lowest BCUT2D eigenvalue weighted by Crippen LogP contribution is -2.28. The molecule has 0 fully saturated rings. The molecule has 0 rings (SSSR count). The average molecular weight is 549 g/mol. The van der Waals surface area contributed by atoms with E-state index < -0.39 is 58.4 Å². The molecule has 3 atom stereocenters. The fraction of sp³-hybridized carbons (Fsp3) is 0.692. The molecular weight excluding hydrogens is 503 g/mol. The molecule has 0 aromatic rings. The van der Waals surface area contributed by atoms with Gasteiger partial charge in [-0.2, -0.15) is 0 Å². The van der Waals surface area contributed by atoms with Crippen LogP contribution in [0.15, 0.2) is 36.5 Å². The van der Waals surface area contributed by atoms with Crippen molar-refractivity contribution in [2.75, 3.05) is 26.4 Å². The van der Waals surface area contributed by atoms with E-state index in [1.165, 1.54) is 0 Å². The number of unbranched alkanes of at least 4 members (excludes halogenated alkanes) is 3. The van der Waals surface area contributed by atoms with Gasteiger partial charge in [-0.3, -0.25) is 18.6 Å². The van der Waals surface area contributed by atoms with Crippen LogP contribution in [-0.4, -0.2) is 65.7 Å². The molecule has 37 heavy (non-hydrogen) atoms. The van der Waals surface area contributed by atoms with Gasteiger partial charge in [0.15, 0.2) is 0 Å². The zero-order valence-electron chi connectivity index (χ0n) is 22.2. The van der Waals surface area contributed by atoms with E-state index >= 15 is 0 Å². The van der Waals surface area contributed by atoms with Crippen LogP contribution < -0.4 is 0 Å². The summed E-state index contributed by atoms with van der Waals surface area (Å²) in [6.07, 6.45) is 17.6. The summed E-state index contributed by atoms with van der Waals surface area (Å²) in [7, 11) is -4.60. The second-order valence-corrected chi connectivity index (χ2v) is 9.75. The lowest BCUT2D eigenvalue weighted by molar-refractivity contribution is -0.153. The predicted octanol–water partition coefficient (Wildman–Crippen LogP) is 4.54. The molecule has 11 heteroatoms. The van der Waals surface area contributed by atoms with Crippen LogP contribution in [-0.2, 0) is 32.7 Å². The highest BCUT2D eigenvalue weighted by Crippen LogP contribution is 2.43. The van der Waals surface area contributed by atoms with Crippen LogP contribution in [0.3, 0.4) is 0 Å². The molecule has 0 heterocycles.